The summed E-state index contributed by atoms with van der Waals surface area (Å²) in [7, 11) is 0. The van der Waals surface area contributed by atoms with Crippen molar-refractivity contribution in [2.75, 3.05) is 13.1 Å². The van der Waals surface area contributed by atoms with Gasteiger partial charge in [0.25, 0.3) is 0 Å². The standard InChI is InChI=1S/C22H20ClN7.2C2HF3O2/c1-14-25-26-22-6-5-19-21(30(14)22)10-20(18-7-8-29(27-18)17-11-24-12-17)28(19)13-15-3-2-4-16(23)9-15;2*3-2(4,5)1(6)7/h2-10,17,24H,11-13H2,1H3;2*(H,6,7). The van der Waals surface area contributed by atoms with E-state index in [9.17, 15) is 26.3 Å². The van der Waals surface area contributed by atoms with Gasteiger partial charge >= 0.3 is 24.3 Å². The van der Waals surface area contributed by atoms with Crippen LogP contribution in [0.2, 0.25) is 5.02 Å². The van der Waals surface area contributed by atoms with Crippen molar-refractivity contribution in [1.29, 1.82) is 0 Å². The molecular weight excluding hydrogens is 624 g/mol. The van der Waals surface area contributed by atoms with E-state index in [-0.39, 0.29) is 0 Å². The normalized spacial score (nSPS) is 13.5. The molecule has 1 aliphatic heterocycles. The van der Waals surface area contributed by atoms with Crippen LogP contribution in [0.3, 0.4) is 0 Å². The van der Waals surface area contributed by atoms with Gasteiger partial charge in [-0.3, -0.25) is 9.08 Å². The van der Waals surface area contributed by atoms with E-state index in [2.05, 4.69) is 59.6 Å². The summed E-state index contributed by atoms with van der Waals surface area (Å²) in [6.45, 7) is 4.61. The molecule has 234 valence electrons. The van der Waals surface area contributed by atoms with Gasteiger partial charge in [-0.15, -0.1) is 10.2 Å². The molecule has 18 heteroatoms. The van der Waals surface area contributed by atoms with Crippen molar-refractivity contribution >= 4 is 40.2 Å². The van der Waals surface area contributed by atoms with Gasteiger partial charge in [0.15, 0.2) is 5.65 Å². The molecule has 0 saturated carbocycles. The van der Waals surface area contributed by atoms with Gasteiger partial charge in [-0.2, -0.15) is 31.4 Å². The Kier molecular flexibility index (Phi) is 9.19. The molecule has 1 saturated heterocycles. The summed E-state index contributed by atoms with van der Waals surface area (Å²) in [6, 6.07) is 16.8. The Balaban J connectivity index is 0.000000265. The Labute approximate surface area is 248 Å². The highest BCUT2D eigenvalue weighted by molar-refractivity contribution is 6.30. The Morgan fingerprint density at radius 3 is 2.14 bits per heavy atom. The lowest BCUT2D eigenvalue weighted by Gasteiger charge is -2.27. The van der Waals surface area contributed by atoms with Crippen LogP contribution in [0.15, 0.2) is 54.7 Å². The third kappa shape index (κ3) is 7.28. The average molecular weight is 646 g/mol. The van der Waals surface area contributed by atoms with Crippen molar-refractivity contribution in [3.63, 3.8) is 0 Å². The zero-order chi connectivity index (χ0) is 32.4. The third-order valence-electron chi connectivity index (χ3n) is 6.32. The van der Waals surface area contributed by atoms with E-state index in [0.29, 0.717) is 12.6 Å². The predicted octanol–water partition coefficient (Wildman–Crippen LogP) is 4.97. The molecule has 0 bridgehead atoms. The minimum Gasteiger partial charge on any atom is -0.475 e. The average Bonchev–Trinajstić information content (AvgIpc) is 3.60. The van der Waals surface area contributed by atoms with Crippen LogP contribution in [0.25, 0.3) is 28.1 Å². The first-order chi connectivity index (χ1) is 20.6. The maximum absolute atomic E-state index is 10.6. The summed E-state index contributed by atoms with van der Waals surface area (Å²) in [5, 5.41) is 31.7. The van der Waals surface area contributed by atoms with Crippen molar-refractivity contribution in [3.05, 3.63) is 71.1 Å². The van der Waals surface area contributed by atoms with Crippen molar-refractivity contribution in [2.45, 2.75) is 31.9 Å². The SMILES string of the molecule is Cc1nnc2ccc3c(cc(-c4ccn(C5CNC5)n4)n3Cc3cccc(Cl)c3)n12.O=C(O)C(F)(F)F.O=C(O)C(F)(F)F. The van der Waals surface area contributed by atoms with Crippen LogP contribution in [0.1, 0.15) is 17.4 Å². The summed E-state index contributed by atoms with van der Waals surface area (Å²) < 4.78 is 69.9. The van der Waals surface area contributed by atoms with Crippen LogP contribution in [-0.2, 0) is 16.1 Å². The fourth-order valence-electron chi connectivity index (χ4n) is 4.18. The van der Waals surface area contributed by atoms with Crippen molar-refractivity contribution in [2.24, 2.45) is 0 Å². The minimum absolute atomic E-state index is 0.427. The Hall–Kier alpha value is -4.64. The fraction of sp³-hybridized carbons (Fsp3) is 0.269. The molecule has 11 nitrogen and oxygen atoms in total. The van der Waals surface area contributed by atoms with Crippen molar-refractivity contribution in [3.8, 4) is 11.4 Å². The molecule has 0 atom stereocenters. The van der Waals surface area contributed by atoms with Gasteiger partial charge in [-0.1, -0.05) is 23.7 Å². The largest absolute Gasteiger partial charge is 0.490 e. The molecule has 1 aromatic carbocycles. The van der Waals surface area contributed by atoms with E-state index in [0.717, 1.165) is 57.6 Å². The molecule has 5 aromatic rings. The van der Waals surface area contributed by atoms with E-state index >= 15 is 0 Å². The number of alkyl halides is 6. The van der Waals surface area contributed by atoms with Gasteiger partial charge in [0.1, 0.15) is 11.5 Å². The topological polar surface area (TPSA) is 140 Å². The maximum Gasteiger partial charge on any atom is 0.490 e. The monoisotopic (exact) mass is 645 g/mol. The molecular formula is C26H22ClF6N7O4. The molecule has 5 heterocycles. The summed E-state index contributed by atoms with van der Waals surface area (Å²) in [6.07, 6.45) is -8.10. The zero-order valence-corrected chi connectivity index (χ0v) is 23.2. The van der Waals surface area contributed by atoms with Crippen LogP contribution >= 0.6 is 11.6 Å². The highest BCUT2D eigenvalue weighted by Gasteiger charge is 2.38. The minimum atomic E-state index is -5.08. The van der Waals surface area contributed by atoms with Gasteiger partial charge in [0.05, 0.1) is 22.8 Å². The molecule has 44 heavy (non-hydrogen) atoms. The number of halogens is 7. The summed E-state index contributed by atoms with van der Waals surface area (Å²) in [5.41, 5.74) is 6.20. The van der Waals surface area contributed by atoms with Crippen LogP contribution in [0, 0.1) is 6.92 Å². The fourth-order valence-corrected chi connectivity index (χ4v) is 4.39. The number of carboxylic acid groups (broad SMARTS) is 2. The van der Waals surface area contributed by atoms with Gasteiger partial charge in [-0.25, -0.2) is 9.59 Å². The predicted molar refractivity (Wildman–Crippen MR) is 144 cm³/mol. The number of rotatable bonds is 4. The number of nitrogens with zero attached hydrogens (tertiary/aromatic N) is 6. The molecule has 6 rings (SSSR count). The molecule has 3 N–H and O–H groups in total. The van der Waals surface area contributed by atoms with Crippen molar-refractivity contribution in [1.82, 2.24) is 34.3 Å². The molecule has 1 aliphatic rings. The Morgan fingerprint density at radius 1 is 0.955 bits per heavy atom. The highest BCUT2D eigenvalue weighted by atomic mass is 35.5. The number of hydrogen-bond donors (Lipinski definition) is 3. The lowest BCUT2D eigenvalue weighted by atomic mass is 10.2. The second-order valence-electron chi connectivity index (χ2n) is 9.39. The number of aromatic nitrogens is 6. The third-order valence-corrected chi connectivity index (χ3v) is 6.55. The quantitative estimate of drug-likeness (QED) is 0.233. The summed E-state index contributed by atoms with van der Waals surface area (Å²) >= 11 is 6.25. The molecule has 0 unspecified atom stereocenters. The van der Waals surface area contributed by atoms with Crippen LogP contribution in [0.5, 0.6) is 0 Å². The number of hydrogen-bond acceptors (Lipinski definition) is 6. The highest BCUT2D eigenvalue weighted by Crippen LogP contribution is 2.30. The van der Waals surface area contributed by atoms with E-state index in [1.807, 2.05) is 31.2 Å². The van der Waals surface area contributed by atoms with Gasteiger partial charge in [0, 0.05) is 30.9 Å². The number of nitrogens with one attached hydrogen (secondary N) is 1. The van der Waals surface area contributed by atoms with E-state index in [1.54, 1.807) is 0 Å². The molecule has 0 amide bonds. The van der Waals surface area contributed by atoms with E-state index < -0.39 is 24.3 Å². The summed E-state index contributed by atoms with van der Waals surface area (Å²) in [4.78, 5) is 17.8. The van der Waals surface area contributed by atoms with E-state index in [4.69, 9.17) is 36.5 Å². The number of aliphatic carboxylic acids is 2. The van der Waals surface area contributed by atoms with Crippen LogP contribution in [0.4, 0.5) is 26.3 Å². The molecule has 0 spiro atoms. The Bertz CT molecular complexity index is 1780. The molecule has 4 aromatic heterocycles. The second-order valence-corrected chi connectivity index (χ2v) is 9.83. The number of pyridine rings is 1. The van der Waals surface area contributed by atoms with E-state index in [1.165, 1.54) is 0 Å². The van der Waals surface area contributed by atoms with Gasteiger partial charge < -0.3 is 20.1 Å². The molecule has 1 fully saturated rings. The van der Waals surface area contributed by atoms with Crippen LogP contribution < -0.4 is 5.32 Å². The lowest BCUT2D eigenvalue weighted by molar-refractivity contribution is -0.193. The summed E-state index contributed by atoms with van der Waals surface area (Å²) in [5.74, 6) is -4.65. The van der Waals surface area contributed by atoms with Crippen molar-refractivity contribution < 1.29 is 46.1 Å². The first-order valence-electron chi connectivity index (χ1n) is 12.5. The number of aryl methyl sites for hydroxylation is 1. The first kappa shape index (κ1) is 32.3. The zero-order valence-electron chi connectivity index (χ0n) is 22.4. The second kappa shape index (κ2) is 12.5. The Morgan fingerprint density at radius 2 is 1.59 bits per heavy atom. The number of benzene rings is 1. The van der Waals surface area contributed by atoms with Gasteiger partial charge in [-0.05, 0) is 48.9 Å². The number of carbonyl (C=O) groups is 2. The first-order valence-corrected chi connectivity index (χ1v) is 12.9. The smallest absolute Gasteiger partial charge is 0.475 e. The molecule has 0 aliphatic carbocycles. The molecule has 0 radical (unpaired) electrons. The number of fused-ring (bicyclic) bond motifs is 3. The van der Waals surface area contributed by atoms with Crippen LogP contribution in [-0.4, -0.2) is 76.5 Å². The maximum atomic E-state index is 10.6. The lowest BCUT2D eigenvalue weighted by Crippen LogP contribution is -2.43. The van der Waals surface area contributed by atoms with Gasteiger partial charge in [0.2, 0.25) is 0 Å². The number of carboxylic acids is 2.